The van der Waals surface area contributed by atoms with Crippen LogP contribution in [0.25, 0.3) is 0 Å². The van der Waals surface area contributed by atoms with Crippen LogP contribution in [0, 0.1) is 0 Å². The van der Waals surface area contributed by atoms with Crippen LogP contribution in [0.2, 0.25) is 5.15 Å². The third-order valence-corrected chi connectivity index (χ3v) is 3.42. The number of methoxy groups -OCH3 is 1. The molecule has 0 aromatic carbocycles. The molecule has 18 heavy (non-hydrogen) atoms. The van der Waals surface area contributed by atoms with Gasteiger partial charge in [0.15, 0.2) is 15.2 Å². The van der Waals surface area contributed by atoms with E-state index in [1.165, 1.54) is 7.11 Å². The van der Waals surface area contributed by atoms with Gasteiger partial charge in [0.25, 0.3) is 0 Å². The first-order chi connectivity index (χ1) is 8.70. The largest absolute Gasteiger partial charge is 0.465 e. The summed E-state index contributed by atoms with van der Waals surface area (Å²) in [6, 6.07) is 0. The molecule has 0 bridgehead atoms. The first-order valence-electron chi connectivity index (χ1n) is 5.03. The molecular formula is C9H10ClN5O2S. The molecular weight excluding hydrogens is 278 g/mol. The van der Waals surface area contributed by atoms with E-state index < -0.39 is 5.97 Å². The average molecular weight is 288 g/mol. The number of rotatable bonds is 5. The predicted molar refractivity (Wildman–Crippen MR) is 67.0 cm³/mol. The summed E-state index contributed by atoms with van der Waals surface area (Å²) in [4.78, 5) is 15.6. The number of aromatic nitrogens is 4. The van der Waals surface area contributed by atoms with Gasteiger partial charge in [-0.05, 0) is 0 Å². The molecule has 0 aliphatic carbocycles. The van der Waals surface area contributed by atoms with Gasteiger partial charge in [0.05, 0.1) is 19.9 Å². The van der Waals surface area contributed by atoms with E-state index in [1.807, 2.05) is 0 Å². The molecule has 9 heteroatoms. The number of ether oxygens (including phenoxy) is 1. The molecule has 96 valence electrons. The van der Waals surface area contributed by atoms with Gasteiger partial charge in [0.1, 0.15) is 0 Å². The topological polar surface area (TPSA) is 81.9 Å². The zero-order valence-corrected chi connectivity index (χ0v) is 11.0. The molecule has 0 amide bonds. The van der Waals surface area contributed by atoms with E-state index in [9.17, 15) is 4.79 Å². The predicted octanol–water partition coefficient (Wildman–Crippen LogP) is 1.29. The van der Waals surface area contributed by atoms with Crippen molar-refractivity contribution in [3.8, 4) is 0 Å². The molecule has 2 aromatic heterocycles. The van der Waals surface area contributed by atoms with E-state index >= 15 is 0 Å². The second-order valence-corrected chi connectivity index (χ2v) is 4.58. The summed E-state index contributed by atoms with van der Waals surface area (Å²) < 4.78 is 6.27. The highest BCUT2D eigenvalue weighted by molar-refractivity contribution is 7.18. The summed E-state index contributed by atoms with van der Waals surface area (Å²) >= 11 is 6.98. The van der Waals surface area contributed by atoms with E-state index in [4.69, 9.17) is 11.6 Å². The molecule has 0 saturated carbocycles. The third kappa shape index (κ3) is 2.96. The zero-order valence-electron chi connectivity index (χ0n) is 9.46. The highest BCUT2D eigenvalue weighted by Gasteiger charge is 2.16. The van der Waals surface area contributed by atoms with E-state index in [-0.39, 0.29) is 5.15 Å². The van der Waals surface area contributed by atoms with Crippen molar-refractivity contribution in [2.75, 3.05) is 19.0 Å². The Labute approximate surface area is 112 Å². The molecule has 0 aliphatic rings. The molecule has 0 saturated heterocycles. The standard InChI is InChI=1S/C9H10ClN5O2S/c1-17-8(16)6-7(10)13-9(18-6)11-2-4-15-5-3-12-14-15/h3,5H,2,4H2,1H3,(H,11,13). The van der Waals surface area contributed by atoms with Crippen LogP contribution in [-0.4, -0.2) is 39.6 Å². The first-order valence-corrected chi connectivity index (χ1v) is 6.22. The molecule has 0 atom stereocenters. The van der Waals surface area contributed by atoms with Gasteiger partial charge in [-0.2, -0.15) is 0 Å². The van der Waals surface area contributed by atoms with E-state index in [0.717, 1.165) is 11.3 Å². The Balaban J connectivity index is 1.92. The fraction of sp³-hybridized carbons (Fsp3) is 0.333. The van der Waals surface area contributed by atoms with Crippen LogP contribution in [0.1, 0.15) is 9.67 Å². The SMILES string of the molecule is COC(=O)c1sc(NCCn2ccnn2)nc1Cl. The normalized spacial score (nSPS) is 10.3. The number of thiazole rings is 1. The quantitative estimate of drug-likeness (QED) is 0.835. The Morgan fingerprint density at radius 3 is 3.17 bits per heavy atom. The van der Waals surface area contributed by atoms with E-state index in [0.29, 0.717) is 23.1 Å². The van der Waals surface area contributed by atoms with Gasteiger partial charge >= 0.3 is 5.97 Å². The molecule has 7 nitrogen and oxygen atoms in total. The van der Waals surface area contributed by atoms with Crippen LogP contribution in [-0.2, 0) is 11.3 Å². The molecule has 2 heterocycles. The maximum atomic E-state index is 11.3. The third-order valence-electron chi connectivity index (χ3n) is 2.05. The summed E-state index contributed by atoms with van der Waals surface area (Å²) in [6.45, 7) is 1.25. The van der Waals surface area contributed by atoms with Gasteiger partial charge in [0.2, 0.25) is 0 Å². The Bertz CT molecular complexity index is 527. The minimum Gasteiger partial charge on any atom is -0.465 e. The number of nitrogens with zero attached hydrogens (tertiary/aromatic N) is 4. The van der Waals surface area contributed by atoms with Crippen molar-refractivity contribution >= 4 is 34.0 Å². The van der Waals surface area contributed by atoms with Crippen LogP contribution in [0.5, 0.6) is 0 Å². The van der Waals surface area contributed by atoms with Crippen molar-refractivity contribution in [1.29, 1.82) is 0 Å². The number of carbonyl (C=O) groups is 1. The monoisotopic (exact) mass is 287 g/mol. The fourth-order valence-electron chi connectivity index (χ4n) is 1.23. The lowest BCUT2D eigenvalue weighted by Crippen LogP contribution is -2.10. The van der Waals surface area contributed by atoms with E-state index in [1.54, 1.807) is 17.1 Å². The number of hydrogen-bond acceptors (Lipinski definition) is 7. The number of anilines is 1. The molecule has 2 rings (SSSR count). The van der Waals surface area contributed by atoms with Crippen molar-refractivity contribution in [1.82, 2.24) is 20.0 Å². The number of halogens is 1. The summed E-state index contributed by atoms with van der Waals surface area (Å²) in [5.41, 5.74) is 0. The molecule has 0 radical (unpaired) electrons. The van der Waals surface area contributed by atoms with Crippen molar-refractivity contribution in [2.24, 2.45) is 0 Å². The van der Waals surface area contributed by atoms with Crippen molar-refractivity contribution in [2.45, 2.75) is 6.54 Å². The Morgan fingerprint density at radius 2 is 2.50 bits per heavy atom. The maximum absolute atomic E-state index is 11.3. The van der Waals surface area contributed by atoms with Crippen molar-refractivity contribution < 1.29 is 9.53 Å². The lowest BCUT2D eigenvalue weighted by Gasteiger charge is -2.01. The Kier molecular flexibility index (Phi) is 4.11. The Hall–Kier alpha value is -1.67. The van der Waals surface area contributed by atoms with Gasteiger partial charge in [-0.25, -0.2) is 9.78 Å². The van der Waals surface area contributed by atoms with Crippen LogP contribution < -0.4 is 5.32 Å². The minimum absolute atomic E-state index is 0.148. The molecule has 0 unspecified atom stereocenters. The number of hydrogen-bond donors (Lipinski definition) is 1. The minimum atomic E-state index is -0.484. The van der Waals surface area contributed by atoms with Gasteiger partial charge in [-0.3, -0.25) is 4.68 Å². The lowest BCUT2D eigenvalue weighted by atomic mass is 10.6. The highest BCUT2D eigenvalue weighted by atomic mass is 35.5. The number of esters is 1. The highest BCUT2D eigenvalue weighted by Crippen LogP contribution is 2.27. The second-order valence-electron chi connectivity index (χ2n) is 3.22. The molecule has 0 aliphatic heterocycles. The van der Waals surface area contributed by atoms with Crippen LogP contribution in [0.4, 0.5) is 5.13 Å². The molecule has 0 fully saturated rings. The molecule has 2 aromatic rings. The van der Waals surface area contributed by atoms with Gasteiger partial charge in [-0.15, -0.1) is 5.10 Å². The smallest absolute Gasteiger partial charge is 0.351 e. The lowest BCUT2D eigenvalue weighted by molar-refractivity contribution is 0.0606. The van der Waals surface area contributed by atoms with Crippen molar-refractivity contribution in [3.05, 3.63) is 22.4 Å². The summed E-state index contributed by atoms with van der Waals surface area (Å²) in [6.07, 6.45) is 3.37. The first kappa shape index (κ1) is 12.8. The van der Waals surface area contributed by atoms with E-state index in [2.05, 4.69) is 25.3 Å². The summed E-state index contributed by atoms with van der Waals surface area (Å²) in [7, 11) is 1.30. The van der Waals surface area contributed by atoms with Crippen LogP contribution in [0.3, 0.4) is 0 Å². The maximum Gasteiger partial charge on any atom is 0.351 e. The van der Waals surface area contributed by atoms with Crippen molar-refractivity contribution in [3.63, 3.8) is 0 Å². The fourth-order valence-corrected chi connectivity index (χ4v) is 2.35. The molecule has 1 N–H and O–H groups in total. The Morgan fingerprint density at radius 1 is 1.67 bits per heavy atom. The summed E-state index contributed by atoms with van der Waals surface area (Å²) in [5.74, 6) is -0.484. The van der Waals surface area contributed by atoms with Crippen LogP contribution in [0.15, 0.2) is 12.4 Å². The molecule has 0 spiro atoms. The van der Waals surface area contributed by atoms with Gasteiger partial charge in [-0.1, -0.05) is 28.2 Å². The van der Waals surface area contributed by atoms with Crippen LogP contribution >= 0.6 is 22.9 Å². The number of nitrogens with one attached hydrogen (secondary N) is 1. The second kappa shape index (κ2) is 5.78. The zero-order chi connectivity index (χ0) is 13.0. The average Bonchev–Trinajstić information content (AvgIpc) is 2.98. The summed E-state index contributed by atoms with van der Waals surface area (Å²) in [5, 5.41) is 11.3. The number of carbonyl (C=O) groups excluding carboxylic acids is 1. The van der Waals surface area contributed by atoms with Gasteiger partial charge < -0.3 is 10.1 Å². The van der Waals surface area contributed by atoms with Gasteiger partial charge in [0, 0.05) is 12.7 Å².